The summed E-state index contributed by atoms with van der Waals surface area (Å²) >= 11 is 0. The SMILES string of the molecule is COc1nc(NN)nc(Oc2cc(C(C)C)ccc2C)n1. The summed E-state index contributed by atoms with van der Waals surface area (Å²) in [6.07, 6.45) is 0. The molecule has 1 aromatic heterocycles. The first-order valence-electron chi connectivity index (χ1n) is 6.58. The maximum Gasteiger partial charge on any atom is 0.330 e. The second-order valence-electron chi connectivity index (χ2n) is 4.85. The summed E-state index contributed by atoms with van der Waals surface area (Å²) < 4.78 is 10.7. The van der Waals surface area contributed by atoms with E-state index in [4.69, 9.17) is 15.3 Å². The van der Waals surface area contributed by atoms with E-state index >= 15 is 0 Å². The third-order valence-corrected chi connectivity index (χ3v) is 2.99. The number of nitrogens with one attached hydrogen (secondary N) is 1. The van der Waals surface area contributed by atoms with Crippen LogP contribution in [0.4, 0.5) is 5.95 Å². The number of methoxy groups -OCH3 is 1. The minimum atomic E-state index is 0.124. The number of hydrogen-bond acceptors (Lipinski definition) is 7. The van der Waals surface area contributed by atoms with Crippen LogP contribution >= 0.6 is 0 Å². The second kappa shape index (κ2) is 6.36. The van der Waals surface area contributed by atoms with Gasteiger partial charge in [-0.05, 0) is 30.0 Å². The number of nitrogens with zero attached hydrogens (tertiary/aromatic N) is 3. The predicted molar refractivity (Wildman–Crippen MR) is 79.5 cm³/mol. The maximum atomic E-state index is 5.75. The standard InChI is InChI=1S/C14H19N5O2/c1-8(2)10-6-5-9(3)11(7-10)21-14-17-12(19-15)16-13(18-14)20-4/h5-8H,15H2,1-4H3,(H,16,17,18,19). The highest BCUT2D eigenvalue weighted by Crippen LogP contribution is 2.28. The third-order valence-electron chi connectivity index (χ3n) is 2.99. The fourth-order valence-corrected chi connectivity index (χ4v) is 1.72. The number of rotatable bonds is 5. The molecule has 1 heterocycles. The van der Waals surface area contributed by atoms with Gasteiger partial charge in [0.2, 0.25) is 5.95 Å². The molecule has 7 heteroatoms. The van der Waals surface area contributed by atoms with E-state index in [1.165, 1.54) is 12.7 Å². The number of benzene rings is 1. The van der Waals surface area contributed by atoms with E-state index in [2.05, 4.69) is 40.3 Å². The van der Waals surface area contributed by atoms with Crippen molar-refractivity contribution in [1.29, 1.82) is 0 Å². The summed E-state index contributed by atoms with van der Waals surface area (Å²) in [6, 6.07) is 6.31. The highest BCUT2D eigenvalue weighted by atomic mass is 16.5. The lowest BCUT2D eigenvalue weighted by molar-refractivity contribution is 0.359. The molecule has 0 saturated carbocycles. The number of hydrazine groups is 1. The first kappa shape index (κ1) is 15.0. The summed E-state index contributed by atoms with van der Waals surface area (Å²) in [5, 5.41) is 0. The summed E-state index contributed by atoms with van der Waals surface area (Å²) in [5.74, 6) is 6.59. The van der Waals surface area contributed by atoms with Gasteiger partial charge in [0.1, 0.15) is 5.75 Å². The Morgan fingerprint density at radius 3 is 2.48 bits per heavy atom. The summed E-state index contributed by atoms with van der Waals surface area (Å²) in [4.78, 5) is 12.0. The Morgan fingerprint density at radius 1 is 1.14 bits per heavy atom. The van der Waals surface area contributed by atoms with Gasteiger partial charge in [-0.2, -0.15) is 9.97 Å². The number of nitrogen functional groups attached to an aromatic ring is 1. The molecular weight excluding hydrogens is 270 g/mol. The van der Waals surface area contributed by atoms with E-state index in [0.717, 1.165) is 5.56 Å². The van der Waals surface area contributed by atoms with Crippen LogP contribution in [0.1, 0.15) is 30.9 Å². The molecule has 0 aliphatic carbocycles. The third kappa shape index (κ3) is 3.57. The number of hydrogen-bond donors (Lipinski definition) is 2. The zero-order valence-electron chi connectivity index (χ0n) is 12.5. The van der Waals surface area contributed by atoms with E-state index in [1.807, 2.05) is 19.1 Å². The van der Waals surface area contributed by atoms with Gasteiger partial charge in [-0.15, -0.1) is 4.98 Å². The van der Waals surface area contributed by atoms with Crippen molar-refractivity contribution in [2.24, 2.45) is 5.84 Å². The van der Waals surface area contributed by atoms with Gasteiger partial charge in [-0.3, -0.25) is 5.43 Å². The largest absolute Gasteiger partial charge is 0.467 e. The molecule has 3 N–H and O–H groups in total. The Hall–Kier alpha value is -2.41. The molecule has 0 fully saturated rings. The van der Waals surface area contributed by atoms with Gasteiger partial charge in [0.15, 0.2) is 0 Å². The predicted octanol–water partition coefficient (Wildman–Crippen LogP) is 2.39. The van der Waals surface area contributed by atoms with Crippen molar-refractivity contribution in [2.45, 2.75) is 26.7 Å². The fourth-order valence-electron chi connectivity index (χ4n) is 1.72. The van der Waals surface area contributed by atoms with Crippen molar-refractivity contribution in [3.8, 4) is 17.8 Å². The lowest BCUT2D eigenvalue weighted by Gasteiger charge is -2.12. The number of anilines is 1. The van der Waals surface area contributed by atoms with Gasteiger partial charge in [-0.25, -0.2) is 5.84 Å². The van der Waals surface area contributed by atoms with Crippen LogP contribution in [0.2, 0.25) is 0 Å². The normalized spacial score (nSPS) is 10.6. The molecule has 7 nitrogen and oxygen atoms in total. The van der Waals surface area contributed by atoms with Gasteiger partial charge < -0.3 is 9.47 Å². The molecule has 0 radical (unpaired) electrons. The molecular formula is C14H19N5O2. The van der Waals surface area contributed by atoms with Crippen LogP contribution in [0.5, 0.6) is 17.8 Å². The van der Waals surface area contributed by atoms with Gasteiger partial charge in [0, 0.05) is 0 Å². The average Bonchev–Trinajstić information content (AvgIpc) is 2.48. The van der Waals surface area contributed by atoms with Crippen molar-refractivity contribution in [2.75, 3.05) is 12.5 Å². The molecule has 112 valence electrons. The lowest BCUT2D eigenvalue weighted by Crippen LogP contribution is -2.12. The van der Waals surface area contributed by atoms with Crippen molar-refractivity contribution in [3.63, 3.8) is 0 Å². The van der Waals surface area contributed by atoms with Crippen molar-refractivity contribution >= 4 is 5.95 Å². The van der Waals surface area contributed by atoms with Crippen LogP contribution in [0, 0.1) is 6.92 Å². The van der Waals surface area contributed by atoms with Crippen molar-refractivity contribution < 1.29 is 9.47 Å². The minimum Gasteiger partial charge on any atom is -0.467 e. The Bertz CT molecular complexity index is 609. The molecule has 0 unspecified atom stereocenters. The zero-order chi connectivity index (χ0) is 15.4. The van der Waals surface area contributed by atoms with E-state index in [-0.39, 0.29) is 18.0 Å². The van der Waals surface area contributed by atoms with Gasteiger partial charge in [0.05, 0.1) is 7.11 Å². The number of aromatic nitrogens is 3. The van der Waals surface area contributed by atoms with Crippen LogP contribution in [0.15, 0.2) is 18.2 Å². The first-order chi connectivity index (χ1) is 10.0. The molecule has 0 saturated heterocycles. The molecule has 0 spiro atoms. The highest BCUT2D eigenvalue weighted by molar-refractivity contribution is 5.39. The van der Waals surface area contributed by atoms with Gasteiger partial charge in [0.25, 0.3) is 0 Å². The van der Waals surface area contributed by atoms with E-state index < -0.39 is 0 Å². The monoisotopic (exact) mass is 289 g/mol. The molecule has 21 heavy (non-hydrogen) atoms. The van der Waals surface area contributed by atoms with Crippen LogP contribution in [0.25, 0.3) is 0 Å². The van der Waals surface area contributed by atoms with E-state index in [1.54, 1.807) is 0 Å². The van der Waals surface area contributed by atoms with Gasteiger partial charge in [-0.1, -0.05) is 26.0 Å². The quantitative estimate of drug-likeness (QED) is 0.644. The lowest BCUT2D eigenvalue weighted by atomic mass is 10.0. The van der Waals surface area contributed by atoms with Gasteiger partial charge >= 0.3 is 12.0 Å². The summed E-state index contributed by atoms with van der Waals surface area (Å²) in [7, 11) is 1.46. The number of aryl methyl sites for hydroxylation is 1. The molecule has 0 amide bonds. The molecule has 0 bridgehead atoms. The van der Waals surface area contributed by atoms with Crippen LogP contribution in [-0.4, -0.2) is 22.1 Å². The Kier molecular flexibility index (Phi) is 4.54. The molecule has 0 atom stereocenters. The summed E-state index contributed by atoms with van der Waals surface area (Å²) in [5.41, 5.74) is 4.51. The second-order valence-corrected chi connectivity index (χ2v) is 4.85. The Morgan fingerprint density at radius 2 is 1.86 bits per heavy atom. The molecule has 0 aliphatic rings. The number of ether oxygens (including phenoxy) is 2. The molecule has 2 rings (SSSR count). The number of nitrogens with two attached hydrogens (primary N) is 1. The molecule has 2 aromatic rings. The Balaban J connectivity index is 2.35. The summed E-state index contributed by atoms with van der Waals surface area (Å²) in [6.45, 7) is 6.20. The van der Waals surface area contributed by atoms with Crippen molar-refractivity contribution in [3.05, 3.63) is 29.3 Å². The zero-order valence-corrected chi connectivity index (χ0v) is 12.5. The first-order valence-corrected chi connectivity index (χ1v) is 6.58. The van der Waals surface area contributed by atoms with Crippen LogP contribution in [-0.2, 0) is 0 Å². The van der Waals surface area contributed by atoms with Crippen molar-refractivity contribution in [1.82, 2.24) is 15.0 Å². The van der Waals surface area contributed by atoms with Crippen LogP contribution < -0.4 is 20.7 Å². The van der Waals surface area contributed by atoms with E-state index in [9.17, 15) is 0 Å². The van der Waals surface area contributed by atoms with Crippen LogP contribution in [0.3, 0.4) is 0 Å². The average molecular weight is 289 g/mol. The highest BCUT2D eigenvalue weighted by Gasteiger charge is 2.11. The maximum absolute atomic E-state index is 5.75. The minimum absolute atomic E-state index is 0.124. The topological polar surface area (TPSA) is 95.2 Å². The van der Waals surface area contributed by atoms with E-state index in [0.29, 0.717) is 11.7 Å². The molecule has 0 aliphatic heterocycles. The molecule has 1 aromatic carbocycles. The fraction of sp³-hybridized carbons (Fsp3) is 0.357. The smallest absolute Gasteiger partial charge is 0.330 e. The Labute approximate surface area is 123 Å².